The van der Waals surface area contributed by atoms with E-state index in [9.17, 15) is 0 Å². The van der Waals surface area contributed by atoms with Gasteiger partial charge >= 0.3 is 0 Å². The molecule has 136 valence electrons. The fourth-order valence-corrected chi connectivity index (χ4v) is 3.84. The van der Waals surface area contributed by atoms with E-state index in [-0.39, 0.29) is 0 Å². The molecule has 0 bridgehead atoms. The van der Waals surface area contributed by atoms with Crippen molar-refractivity contribution in [2.75, 3.05) is 39.5 Å². The number of hydrogen-bond donors (Lipinski definition) is 1. The number of ether oxygens (including phenoxy) is 2. The molecule has 3 nitrogen and oxygen atoms in total. The predicted molar refractivity (Wildman–Crippen MR) is 105 cm³/mol. The first-order valence-electron chi connectivity index (χ1n) is 9.55. The molecule has 0 spiro atoms. The minimum Gasteiger partial charge on any atom is -0.494 e. The maximum Gasteiger partial charge on any atom is 0.121 e. The van der Waals surface area contributed by atoms with Gasteiger partial charge in [-0.2, -0.15) is 0 Å². The molecule has 1 aromatic rings. The average molecular weight is 360 g/mol. The largest absolute Gasteiger partial charge is 0.494 e. The van der Waals surface area contributed by atoms with Gasteiger partial charge < -0.3 is 9.47 Å². The zero-order valence-electron chi connectivity index (χ0n) is 15.0. The van der Waals surface area contributed by atoms with E-state index in [0.717, 1.165) is 68.0 Å². The van der Waals surface area contributed by atoms with Crippen LogP contribution in [0.1, 0.15) is 44.1 Å². The number of morpholine rings is 1. The lowest BCUT2D eigenvalue weighted by molar-refractivity contribution is 0.0443. The summed E-state index contributed by atoms with van der Waals surface area (Å²) >= 11 is 4.50. The van der Waals surface area contributed by atoms with Crippen molar-refractivity contribution >= 4 is 12.6 Å². The Morgan fingerprint density at radius 3 is 2.72 bits per heavy atom. The van der Waals surface area contributed by atoms with E-state index in [2.05, 4.69) is 29.4 Å². The summed E-state index contributed by atoms with van der Waals surface area (Å²) in [5.74, 6) is 8.25. The molecule has 0 unspecified atom stereocenters. The van der Waals surface area contributed by atoms with Crippen molar-refractivity contribution in [2.24, 2.45) is 5.92 Å². The van der Waals surface area contributed by atoms with Gasteiger partial charge in [0.1, 0.15) is 5.75 Å². The van der Waals surface area contributed by atoms with Crippen LogP contribution in [-0.2, 0) is 4.74 Å². The Hall–Kier alpha value is -1.15. The van der Waals surface area contributed by atoms with E-state index < -0.39 is 0 Å². The standard InChI is InChI=1S/C21H29NO2S/c25-21-16-19(7-4-9-22-10-13-23-14-11-22)15-20(17-21)24-12-8-18-5-2-1-3-6-18/h15-18,25H,1-3,5-6,8-14H2. The third-order valence-corrected chi connectivity index (χ3v) is 5.31. The van der Waals surface area contributed by atoms with Gasteiger partial charge in [0.2, 0.25) is 0 Å². The zero-order valence-corrected chi connectivity index (χ0v) is 15.9. The lowest BCUT2D eigenvalue weighted by Crippen LogP contribution is -2.36. The molecular weight excluding hydrogens is 330 g/mol. The van der Waals surface area contributed by atoms with E-state index in [1.807, 2.05) is 18.2 Å². The summed E-state index contributed by atoms with van der Waals surface area (Å²) in [6.07, 6.45) is 8.09. The van der Waals surface area contributed by atoms with Crippen molar-refractivity contribution in [1.82, 2.24) is 4.90 Å². The third-order valence-electron chi connectivity index (χ3n) is 5.05. The second-order valence-corrected chi connectivity index (χ2v) is 7.56. The maximum absolute atomic E-state index is 5.98. The quantitative estimate of drug-likeness (QED) is 0.634. The molecule has 0 amide bonds. The molecule has 3 rings (SSSR count). The first-order valence-corrected chi connectivity index (χ1v) is 10.0. The van der Waals surface area contributed by atoms with Crippen LogP contribution in [0, 0.1) is 17.8 Å². The Bertz CT molecular complexity index is 596. The Morgan fingerprint density at radius 2 is 1.92 bits per heavy atom. The van der Waals surface area contributed by atoms with Crippen LogP contribution in [0.2, 0.25) is 0 Å². The molecule has 0 aromatic heterocycles. The highest BCUT2D eigenvalue weighted by molar-refractivity contribution is 7.80. The molecule has 0 radical (unpaired) electrons. The van der Waals surface area contributed by atoms with Gasteiger partial charge in [0, 0.05) is 23.5 Å². The van der Waals surface area contributed by atoms with E-state index >= 15 is 0 Å². The molecule has 2 aliphatic rings. The van der Waals surface area contributed by atoms with E-state index in [4.69, 9.17) is 9.47 Å². The van der Waals surface area contributed by atoms with Crippen molar-refractivity contribution in [1.29, 1.82) is 0 Å². The van der Waals surface area contributed by atoms with E-state index in [1.54, 1.807) is 0 Å². The van der Waals surface area contributed by atoms with Crippen molar-refractivity contribution in [3.63, 3.8) is 0 Å². The van der Waals surface area contributed by atoms with Crippen LogP contribution in [0.15, 0.2) is 23.1 Å². The van der Waals surface area contributed by atoms with Crippen LogP contribution in [0.5, 0.6) is 5.75 Å². The summed E-state index contributed by atoms with van der Waals surface area (Å²) < 4.78 is 11.3. The molecule has 1 aromatic carbocycles. The Kier molecular flexibility index (Phi) is 7.54. The molecule has 0 N–H and O–H groups in total. The van der Waals surface area contributed by atoms with Crippen LogP contribution in [0.25, 0.3) is 0 Å². The molecule has 1 aliphatic heterocycles. The fourth-order valence-electron chi connectivity index (χ4n) is 3.57. The van der Waals surface area contributed by atoms with Gasteiger partial charge in [0.25, 0.3) is 0 Å². The lowest BCUT2D eigenvalue weighted by atomic mass is 9.87. The molecule has 4 heteroatoms. The van der Waals surface area contributed by atoms with Gasteiger partial charge in [-0.3, -0.25) is 4.90 Å². The highest BCUT2D eigenvalue weighted by Crippen LogP contribution is 2.27. The molecule has 25 heavy (non-hydrogen) atoms. The summed E-state index contributed by atoms with van der Waals surface area (Å²) in [7, 11) is 0. The smallest absolute Gasteiger partial charge is 0.121 e. The van der Waals surface area contributed by atoms with Gasteiger partial charge in [0.15, 0.2) is 0 Å². The normalized spacial score (nSPS) is 19.2. The predicted octanol–water partition coefficient (Wildman–Crippen LogP) is 4.01. The monoisotopic (exact) mass is 359 g/mol. The maximum atomic E-state index is 5.98. The minimum absolute atomic E-state index is 0.790. The molecule has 1 heterocycles. The topological polar surface area (TPSA) is 21.7 Å². The van der Waals surface area contributed by atoms with Gasteiger partial charge in [-0.25, -0.2) is 0 Å². The van der Waals surface area contributed by atoms with Gasteiger partial charge in [0.05, 0.1) is 26.4 Å². The van der Waals surface area contributed by atoms with Crippen molar-refractivity contribution < 1.29 is 9.47 Å². The summed E-state index contributed by atoms with van der Waals surface area (Å²) in [6.45, 7) is 5.15. The molecule has 1 saturated heterocycles. The first-order chi connectivity index (χ1) is 12.3. The summed E-state index contributed by atoms with van der Waals surface area (Å²) in [5.41, 5.74) is 0.980. The van der Waals surface area contributed by atoms with Crippen LogP contribution in [0.3, 0.4) is 0 Å². The highest BCUT2D eigenvalue weighted by Gasteiger charge is 2.13. The summed E-state index contributed by atoms with van der Waals surface area (Å²) in [4.78, 5) is 3.23. The van der Waals surface area contributed by atoms with Crippen LogP contribution in [-0.4, -0.2) is 44.4 Å². The Balaban J connectivity index is 1.49. The van der Waals surface area contributed by atoms with E-state index in [1.165, 1.54) is 32.1 Å². The number of rotatable bonds is 5. The fraction of sp³-hybridized carbons (Fsp3) is 0.619. The second kappa shape index (κ2) is 10.1. The minimum atomic E-state index is 0.790. The van der Waals surface area contributed by atoms with Crippen molar-refractivity contribution in [2.45, 2.75) is 43.4 Å². The van der Waals surface area contributed by atoms with Crippen LogP contribution < -0.4 is 4.74 Å². The average Bonchev–Trinajstić information content (AvgIpc) is 2.63. The molecular formula is C21H29NO2S. The number of thiol groups is 1. The third kappa shape index (κ3) is 6.58. The van der Waals surface area contributed by atoms with Crippen molar-refractivity contribution in [3.8, 4) is 17.6 Å². The van der Waals surface area contributed by atoms with Crippen LogP contribution in [0.4, 0.5) is 0 Å². The number of hydrogen-bond acceptors (Lipinski definition) is 4. The Morgan fingerprint density at radius 1 is 1.12 bits per heavy atom. The summed E-state index contributed by atoms with van der Waals surface area (Å²) in [6, 6.07) is 6.02. The number of benzene rings is 1. The van der Waals surface area contributed by atoms with Gasteiger partial charge in [-0.1, -0.05) is 43.9 Å². The SMILES string of the molecule is Sc1cc(C#CCN2CCOCC2)cc(OCCC2CCCCC2)c1. The zero-order chi connectivity index (χ0) is 17.3. The highest BCUT2D eigenvalue weighted by atomic mass is 32.1. The molecule has 0 atom stereocenters. The lowest BCUT2D eigenvalue weighted by Gasteiger charge is -2.24. The second-order valence-electron chi connectivity index (χ2n) is 7.05. The Labute approximate surface area is 157 Å². The first kappa shape index (κ1) is 18.6. The molecule has 1 aliphatic carbocycles. The molecule has 1 saturated carbocycles. The van der Waals surface area contributed by atoms with Gasteiger partial charge in [-0.15, -0.1) is 12.6 Å². The summed E-state index contributed by atoms with van der Waals surface area (Å²) in [5, 5.41) is 0. The number of nitrogens with zero attached hydrogens (tertiary/aromatic N) is 1. The van der Waals surface area contributed by atoms with Gasteiger partial charge in [-0.05, 0) is 30.5 Å². The van der Waals surface area contributed by atoms with E-state index in [0.29, 0.717) is 0 Å². The van der Waals surface area contributed by atoms with Crippen LogP contribution >= 0.6 is 12.6 Å². The van der Waals surface area contributed by atoms with Crippen molar-refractivity contribution in [3.05, 3.63) is 23.8 Å². The molecule has 2 fully saturated rings.